The number of benzene rings is 2. The first-order chi connectivity index (χ1) is 10.4. The molecule has 0 saturated heterocycles. The van der Waals surface area contributed by atoms with Gasteiger partial charge < -0.3 is 0 Å². The molecule has 0 amide bonds. The average Bonchev–Trinajstić information content (AvgIpc) is 2.42. The topological polar surface area (TPSA) is 54.4 Å². The van der Waals surface area contributed by atoms with Crippen molar-refractivity contribution >= 4 is 32.7 Å². The summed E-state index contributed by atoms with van der Waals surface area (Å²) in [5, 5.41) is 0. The maximum Gasteiger partial charge on any atom is 0.417 e. The van der Waals surface area contributed by atoms with Crippen molar-refractivity contribution in [3.8, 4) is 0 Å². The Bertz CT molecular complexity index is 787. The van der Waals surface area contributed by atoms with Gasteiger partial charge >= 0.3 is 6.18 Å². The first-order valence-corrected chi connectivity index (χ1v) is 8.81. The van der Waals surface area contributed by atoms with Crippen molar-refractivity contribution in [2.24, 2.45) is 0 Å². The van der Waals surface area contributed by atoms with Gasteiger partial charge in [0, 0.05) is 3.57 Å². The van der Waals surface area contributed by atoms with Gasteiger partial charge in [-0.1, -0.05) is 18.2 Å². The van der Waals surface area contributed by atoms with E-state index in [-0.39, 0.29) is 0 Å². The Kier molecular flexibility index (Phi) is 6.60. The summed E-state index contributed by atoms with van der Waals surface area (Å²) in [6, 6.07) is 9.88. The number of alkyl halides is 3. The first-order valence-electron chi connectivity index (χ1n) is 6.29. The van der Waals surface area contributed by atoms with Crippen LogP contribution < -0.4 is 0 Å². The van der Waals surface area contributed by atoms with Gasteiger partial charge in [-0.15, -0.1) is 0 Å². The van der Waals surface area contributed by atoms with E-state index in [2.05, 4.69) is 54.6 Å². The number of rotatable bonds is 1. The van der Waals surface area contributed by atoms with Crippen LogP contribution in [-0.4, -0.2) is 13.0 Å². The lowest BCUT2D eigenvalue weighted by molar-refractivity contribution is -0.140. The second kappa shape index (κ2) is 7.63. The molecule has 0 aliphatic carbocycles. The molecule has 0 aliphatic rings. The van der Waals surface area contributed by atoms with Crippen LogP contribution in [0.4, 0.5) is 13.2 Å². The summed E-state index contributed by atoms with van der Waals surface area (Å²) in [6.45, 7) is 4.27. The molecule has 23 heavy (non-hydrogen) atoms. The molecule has 2 rings (SSSR count). The SMILES string of the molecule is Cc1ccc(I)cc1C.O=S(=O)(O)c1ccccc1C(F)(F)F. The fraction of sp³-hybridized carbons (Fsp3) is 0.200. The summed E-state index contributed by atoms with van der Waals surface area (Å²) >= 11 is 2.32. The van der Waals surface area contributed by atoms with Crippen molar-refractivity contribution in [1.82, 2.24) is 0 Å². The van der Waals surface area contributed by atoms with Crippen molar-refractivity contribution in [2.45, 2.75) is 24.9 Å². The van der Waals surface area contributed by atoms with E-state index >= 15 is 0 Å². The standard InChI is InChI=1S/C8H9I.C7H5F3O3S/c1-6-3-4-8(9)5-7(6)2;8-7(9,10)5-3-1-2-4-6(5)14(11,12)13/h3-5H,1-2H3;1-4H,(H,11,12,13). The number of hydrogen-bond donors (Lipinski definition) is 1. The Morgan fingerprint density at radius 1 is 1.00 bits per heavy atom. The van der Waals surface area contributed by atoms with Gasteiger partial charge in [0.25, 0.3) is 10.1 Å². The van der Waals surface area contributed by atoms with Gasteiger partial charge in [0.05, 0.1) is 5.56 Å². The molecule has 0 aliphatic heterocycles. The third-order valence-corrected chi connectivity index (χ3v) is 4.52. The highest BCUT2D eigenvalue weighted by atomic mass is 127. The molecule has 3 nitrogen and oxygen atoms in total. The van der Waals surface area contributed by atoms with Crippen LogP contribution in [-0.2, 0) is 16.3 Å². The molecule has 2 aromatic rings. The van der Waals surface area contributed by atoms with E-state index in [1.165, 1.54) is 14.7 Å². The predicted molar refractivity (Wildman–Crippen MR) is 89.9 cm³/mol. The number of halogens is 4. The Balaban J connectivity index is 0.000000253. The molecule has 0 radical (unpaired) electrons. The van der Waals surface area contributed by atoms with Gasteiger partial charge in [0.1, 0.15) is 4.90 Å². The Hall–Kier alpha value is -1.13. The third-order valence-electron chi connectivity index (χ3n) is 2.94. The molecule has 0 aromatic heterocycles. The second-order valence-corrected chi connectivity index (χ2v) is 7.33. The molecule has 0 bridgehead atoms. The van der Waals surface area contributed by atoms with Gasteiger partial charge in [0.15, 0.2) is 0 Å². The highest BCUT2D eigenvalue weighted by molar-refractivity contribution is 14.1. The van der Waals surface area contributed by atoms with Crippen molar-refractivity contribution in [3.63, 3.8) is 0 Å². The van der Waals surface area contributed by atoms with Crippen LogP contribution in [0, 0.1) is 17.4 Å². The molecule has 0 unspecified atom stereocenters. The van der Waals surface area contributed by atoms with Crippen LogP contribution in [0.2, 0.25) is 0 Å². The van der Waals surface area contributed by atoms with Crippen LogP contribution in [0.1, 0.15) is 16.7 Å². The normalized spacial score (nSPS) is 11.6. The fourth-order valence-electron chi connectivity index (χ4n) is 1.63. The minimum absolute atomic E-state index is 0.586. The van der Waals surface area contributed by atoms with Crippen molar-refractivity contribution in [3.05, 3.63) is 62.7 Å². The molecule has 8 heteroatoms. The Labute approximate surface area is 146 Å². The van der Waals surface area contributed by atoms with Gasteiger partial charge in [-0.25, -0.2) is 0 Å². The lowest BCUT2D eigenvalue weighted by atomic mass is 10.1. The zero-order valence-corrected chi connectivity index (χ0v) is 15.2. The van der Waals surface area contributed by atoms with Gasteiger partial charge in [-0.2, -0.15) is 21.6 Å². The summed E-state index contributed by atoms with van der Waals surface area (Å²) in [6.07, 6.45) is -4.80. The predicted octanol–water partition coefficient (Wildman–Crippen LogP) is 4.86. The van der Waals surface area contributed by atoms with E-state index < -0.39 is 26.8 Å². The summed E-state index contributed by atoms with van der Waals surface area (Å²) in [5.41, 5.74) is 1.37. The van der Waals surface area contributed by atoms with E-state index in [4.69, 9.17) is 4.55 Å². The minimum Gasteiger partial charge on any atom is -0.282 e. The summed E-state index contributed by atoms with van der Waals surface area (Å²) in [4.78, 5) is -1.13. The molecule has 0 atom stereocenters. The van der Waals surface area contributed by atoms with Crippen molar-refractivity contribution in [1.29, 1.82) is 0 Å². The highest BCUT2D eigenvalue weighted by Gasteiger charge is 2.36. The molecular weight excluding hydrogens is 444 g/mol. The molecule has 0 heterocycles. The second-order valence-electron chi connectivity index (χ2n) is 4.70. The van der Waals surface area contributed by atoms with E-state index in [1.54, 1.807) is 0 Å². The quantitative estimate of drug-likeness (QED) is 0.491. The zero-order valence-electron chi connectivity index (χ0n) is 12.2. The average molecular weight is 458 g/mol. The molecular formula is C15H14F3IO3S. The third kappa shape index (κ3) is 6.11. The summed E-state index contributed by atoms with van der Waals surface area (Å²) in [5.74, 6) is 0. The smallest absolute Gasteiger partial charge is 0.282 e. The molecule has 1 N–H and O–H groups in total. The monoisotopic (exact) mass is 458 g/mol. The van der Waals surface area contributed by atoms with E-state index in [0.29, 0.717) is 12.1 Å². The largest absolute Gasteiger partial charge is 0.417 e. The fourth-order valence-corrected chi connectivity index (χ4v) is 2.99. The van der Waals surface area contributed by atoms with Crippen LogP contribution >= 0.6 is 22.6 Å². The van der Waals surface area contributed by atoms with Gasteiger partial charge in [-0.05, 0) is 71.8 Å². The number of hydrogen-bond acceptors (Lipinski definition) is 2. The molecule has 0 fully saturated rings. The molecule has 2 aromatic carbocycles. The van der Waals surface area contributed by atoms with E-state index in [0.717, 1.165) is 12.1 Å². The Morgan fingerprint density at radius 2 is 1.57 bits per heavy atom. The summed E-state index contributed by atoms with van der Waals surface area (Å²) < 4.78 is 67.5. The maximum atomic E-state index is 12.2. The summed E-state index contributed by atoms with van der Waals surface area (Å²) in [7, 11) is -4.84. The molecule has 126 valence electrons. The lowest BCUT2D eigenvalue weighted by Gasteiger charge is -2.09. The molecule has 0 spiro atoms. The maximum absolute atomic E-state index is 12.2. The lowest BCUT2D eigenvalue weighted by Crippen LogP contribution is -2.12. The van der Waals surface area contributed by atoms with Crippen LogP contribution in [0.5, 0.6) is 0 Å². The van der Waals surface area contributed by atoms with Crippen molar-refractivity contribution < 1.29 is 26.1 Å². The minimum atomic E-state index is -4.84. The van der Waals surface area contributed by atoms with Crippen LogP contribution in [0.25, 0.3) is 0 Å². The first kappa shape index (κ1) is 19.9. The Morgan fingerprint density at radius 3 is 1.96 bits per heavy atom. The molecule has 0 saturated carbocycles. The zero-order chi connectivity index (χ0) is 17.8. The number of aryl methyl sites for hydroxylation is 2. The van der Waals surface area contributed by atoms with Crippen molar-refractivity contribution in [2.75, 3.05) is 0 Å². The van der Waals surface area contributed by atoms with Crippen LogP contribution in [0.3, 0.4) is 0 Å². The highest BCUT2D eigenvalue weighted by Crippen LogP contribution is 2.33. The van der Waals surface area contributed by atoms with Gasteiger partial charge in [0.2, 0.25) is 0 Å². The van der Waals surface area contributed by atoms with E-state index in [1.807, 2.05) is 0 Å². The van der Waals surface area contributed by atoms with Gasteiger partial charge in [-0.3, -0.25) is 4.55 Å². The van der Waals surface area contributed by atoms with E-state index in [9.17, 15) is 21.6 Å². The van der Waals surface area contributed by atoms with Crippen LogP contribution in [0.15, 0.2) is 47.4 Å².